The first-order valence-corrected chi connectivity index (χ1v) is 6.56. The number of hydrogen-bond acceptors (Lipinski definition) is 2. The van der Waals surface area contributed by atoms with E-state index in [4.69, 9.17) is 23.2 Å². The average molecular weight is 313 g/mol. The summed E-state index contributed by atoms with van der Waals surface area (Å²) in [7, 11) is 0. The molecule has 20 heavy (non-hydrogen) atoms. The zero-order valence-electron chi connectivity index (χ0n) is 10.6. The van der Waals surface area contributed by atoms with E-state index in [1.54, 1.807) is 26.0 Å². The highest BCUT2D eigenvalue weighted by molar-refractivity contribution is 6.32. The van der Waals surface area contributed by atoms with E-state index >= 15 is 0 Å². The third-order valence-electron chi connectivity index (χ3n) is 3.15. The second-order valence-electron chi connectivity index (χ2n) is 4.60. The van der Waals surface area contributed by atoms with E-state index in [-0.39, 0.29) is 32.1 Å². The standard InChI is InChI=1S/C14H8Cl2F2N2/c1-5-3-7-13(11(17)9(5)15)20-8-4-6(2)10(16)12(18)14(8)19-7/h3-4H,1-2H3. The predicted octanol–water partition coefficient (Wildman–Crippen LogP) is 4.98. The lowest BCUT2D eigenvalue weighted by molar-refractivity contribution is 0.632. The van der Waals surface area contributed by atoms with Gasteiger partial charge in [-0.1, -0.05) is 23.2 Å². The van der Waals surface area contributed by atoms with E-state index in [2.05, 4.69) is 9.97 Å². The Morgan fingerprint density at radius 1 is 0.800 bits per heavy atom. The van der Waals surface area contributed by atoms with E-state index in [1.807, 2.05) is 0 Å². The van der Waals surface area contributed by atoms with Gasteiger partial charge in [0.1, 0.15) is 11.0 Å². The normalized spacial score (nSPS) is 11.5. The predicted molar refractivity (Wildman–Crippen MR) is 76.5 cm³/mol. The van der Waals surface area contributed by atoms with E-state index in [0.717, 1.165) is 0 Å². The second kappa shape index (κ2) is 4.50. The molecule has 0 N–H and O–H groups in total. The Labute approximate surface area is 123 Å². The molecule has 0 radical (unpaired) electrons. The Hall–Kier alpha value is -1.52. The fourth-order valence-corrected chi connectivity index (χ4v) is 2.36. The van der Waals surface area contributed by atoms with Crippen LogP contribution in [-0.2, 0) is 0 Å². The molecule has 3 aromatic rings. The summed E-state index contributed by atoms with van der Waals surface area (Å²) >= 11 is 11.7. The van der Waals surface area contributed by atoms with Gasteiger partial charge in [0.25, 0.3) is 0 Å². The Morgan fingerprint density at radius 2 is 1.15 bits per heavy atom. The van der Waals surface area contributed by atoms with Gasteiger partial charge in [-0.3, -0.25) is 0 Å². The molecule has 102 valence electrons. The van der Waals surface area contributed by atoms with E-state index in [1.165, 1.54) is 0 Å². The van der Waals surface area contributed by atoms with Gasteiger partial charge in [-0.2, -0.15) is 0 Å². The molecule has 0 spiro atoms. The van der Waals surface area contributed by atoms with Gasteiger partial charge in [-0.05, 0) is 37.1 Å². The fraction of sp³-hybridized carbons (Fsp3) is 0.143. The van der Waals surface area contributed by atoms with Crippen molar-refractivity contribution in [3.8, 4) is 0 Å². The van der Waals surface area contributed by atoms with Crippen molar-refractivity contribution in [2.75, 3.05) is 0 Å². The molecule has 6 heteroatoms. The summed E-state index contributed by atoms with van der Waals surface area (Å²) in [5.74, 6) is -1.30. The smallest absolute Gasteiger partial charge is 0.169 e. The summed E-state index contributed by atoms with van der Waals surface area (Å²) in [5, 5.41) is -0.00499. The zero-order valence-corrected chi connectivity index (χ0v) is 12.1. The van der Waals surface area contributed by atoms with Crippen LogP contribution in [0.1, 0.15) is 11.1 Å². The molecule has 1 aromatic heterocycles. The largest absolute Gasteiger partial charge is 0.241 e. The summed E-state index contributed by atoms with van der Waals surface area (Å²) in [5.41, 5.74) is 1.57. The quantitative estimate of drug-likeness (QED) is 0.547. The monoisotopic (exact) mass is 312 g/mol. The first kappa shape index (κ1) is 13.5. The molecule has 0 saturated carbocycles. The van der Waals surface area contributed by atoms with E-state index in [9.17, 15) is 8.78 Å². The van der Waals surface area contributed by atoms with Crippen LogP contribution in [0.15, 0.2) is 12.1 Å². The molecule has 3 rings (SSSR count). The number of rotatable bonds is 0. The Bertz CT molecular complexity index is 805. The molecule has 0 saturated heterocycles. The van der Waals surface area contributed by atoms with Gasteiger partial charge >= 0.3 is 0 Å². The number of fused-ring (bicyclic) bond motifs is 2. The SMILES string of the molecule is Cc1cc2nc3c(F)c(Cl)c(C)cc3nc2c(F)c1Cl. The van der Waals surface area contributed by atoms with Crippen molar-refractivity contribution in [1.29, 1.82) is 0 Å². The van der Waals surface area contributed by atoms with Gasteiger partial charge < -0.3 is 0 Å². The molecule has 2 aromatic carbocycles. The highest BCUT2D eigenvalue weighted by Crippen LogP contribution is 2.31. The highest BCUT2D eigenvalue weighted by Gasteiger charge is 2.16. The van der Waals surface area contributed by atoms with Crippen molar-refractivity contribution < 1.29 is 8.78 Å². The molecule has 1 heterocycles. The molecule has 0 amide bonds. The second-order valence-corrected chi connectivity index (χ2v) is 5.36. The molecule has 0 aliphatic carbocycles. The summed E-state index contributed by atoms with van der Waals surface area (Å²) in [6.45, 7) is 3.30. The first-order valence-electron chi connectivity index (χ1n) is 5.81. The van der Waals surface area contributed by atoms with Gasteiger partial charge in [-0.25, -0.2) is 18.7 Å². The van der Waals surface area contributed by atoms with Crippen LogP contribution >= 0.6 is 23.2 Å². The first-order chi connectivity index (χ1) is 9.40. The Kier molecular flexibility index (Phi) is 3.03. The number of hydrogen-bond donors (Lipinski definition) is 0. The minimum atomic E-state index is -0.649. The van der Waals surface area contributed by atoms with Crippen LogP contribution in [0.2, 0.25) is 10.0 Å². The van der Waals surface area contributed by atoms with Crippen molar-refractivity contribution in [2.24, 2.45) is 0 Å². The maximum Gasteiger partial charge on any atom is 0.169 e. The molecule has 0 aliphatic rings. The zero-order chi connectivity index (χ0) is 14.6. The number of nitrogens with zero attached hydrogens (tertiary/aromatic N) is 2. The third-order valence-corrected chi connectivity index (χ3v) is 4.08. The van der Waals surface area contributed by atoms with E-state index in [0.29, 0.717) is 11.1 Å². The van der Waals surface area contributed by atoms with Crippen molar-refractivity contribution in [1.82, 2.24) is 9.97 Å². The maximum atomic E-state index is 14.1. The van der Waals surface area contributed by atoms with Crippen molar-refractivity contribution in [3.05, 3.63) is 44.9 Å². The number of halogens is 4. The van der Waals surface area contributed by atoms with Crippen LogP contribution < -0.4 is 0 Å². The van der Waals surface area contributed by atoms with Gasteiger partial charge in [0.2, 0.25) is 0 Å². The molecular formula is C14H8Cl2F2N2. The van der Waals surface area contributed by atoms with Crippen LogP contribution in [-0.4, -0.2) is 9.97 Å². The summed E-state index contributed by atoms with van der Waals surface area (Å²) < 4.78 is 28.2. The third kappa shape index (κ3) is 1.83. The van der Waals surface area contributed by atoms with Crippen molar-refractivity contribution in [3.63, 3.8) is 0 Å². The van der Waals surface area contributed by atoms with E-state index < -0.39 is 11.6 Å². The van der Waals surface area contributed by atoms with Crippen LogP contribution in [0.5, 0.6) is 0 Å². The highest BCUT2D eigenvalue weighted by atomic mass is 35.5. The van der Waals surface area contributed by atoms with Crippen LogP contribution in [0, 0.1) is 25.5 Å². The fourth-order valence-electron chi connectivity index (χ4n) is 2.08. The summed E-state index contributed by atoms with van der Waals surface area (Å²) in [6, 6.07) is 3.14. The Morgan fingerprint density at radius 3 is 1.50 bits per heavy atom. The number of aromatic nitrogens is 2. The summed E-state index contributed by atoms with van der Waals surface area (Å²) in [4.78, 5) is 8.24. The minimum Gasteiger partial charge on any atom is -0.241 e. The van der Waals surface area contributed by atoms with Crippen LogP contribution in [0.3, 0.4) is 0 Å². The average Bonchev–Trinajstić information content (AvgIpc) is 2.42. The molecule has 2 nitrogen and oxygen atoms in total. The lowest BCUT2D eigenvalue weighted by Crippen LogP contribution is -1.97. The maximum absolute atomic E-state index is 14.1. The van der Waals surface area contributed by atoms with Gasteiger partial charge in [-0.15, -0.1) is 0 Å². The molecule has 0 aliphatic heterocycles. The molecule has 0 fully saturated rings. The molecular weight excluding hydrogens is 305 g/mol. The minimum absolute atomic E-state index is 0.00249. The van der Waals surface area contributed by atoms with Crippen molar-refractivity contribution in [2.45, 2.75) is 13.8 Å². The van der Waals surface area contributed by atoms with Gasteiger partial charge in [0.15, 0.2) is 11.6 Å². The molecule has 0 bridgehead atoms. The lowest BCUT2D eigenvalue weighted by Gasteiger charge is -2.08. The van der Waals surface area contributed by atoms with Gasteiger partial charge in [0, 0.05) is 0 Å². The lowest BCUT2D eigenvalue weighted by atomic mass is 10.1. The summed E-state index contributed by atoms with van der Waals surface area (Å²) in [6.07, 6.45) is 0. The molecule has 0 atom stereocenters. The van der Waals surface area contributed by atoms with Crippen molar-refractivity contribution >= 4 is 45.3 Å². The Balaban J connectivity index is 2.53. The number of aryl methyl sites for hydroxylation is 2. The number of benzene rings is 2. The molecule has 0 unspecified atom stereocenters. The van der Waals surface area contributed by atoms with Crippen LogP contribution in [0.25, 0.3) is 22.1 Å². The van der Waals surface area contributed by atoms with Gasteiger partial charge in [0.05, 0.1) is 21.1 Å². The topological polar surface area (TPSA) is 25.8 Å². The van der Waals surface area contributed by atoms with Crippen LogP contribution in [0.4, 0.5) is 8.78 Å².